The van der Waals surface area contributed by atoms with Gasteiger partial charge in [-0.05, 0) is 66.6 Å². The summed E-state index contributed by atoms with van der Waals surface area (Å²) in [6.07, 6.45) is 4.93. The van der Waals surface area contributed by atoms with Gasteiger partial charge in [0.1, 0.15) is 0 Å². The van der Waals surface area contributed by atoms with Crippen LogP contribution in [0.4, 0.5) is 5.69 Å². The van der Waals surface area contributed by atoms with Gasteiger partial charge in [-0.25, -0.2) is 0 Å². The highest BCUT2D eigenvalue weighted by Crippen LogP contribution is 2.37. The number of ketones is 1. The molecule has 29 heavy (non-hydrogen) atoms. The smallest absolute Gasteiger partial charge is 0.227 e. The fraction of sp³-hybridized carbons (Fsp3) is 0.440. The second-order valence-electron chi connectivity index (χ2n) is 8.57. The average Bonchev–Trinajstić information content (AvgIpc) is 3.36. The summed E-state index contributed by atoms with van der Waals surface area (Å²) in [5.41, 5.74) is 7.20. The third-order valence-electron chi connectivity index (χ3n) is 6.95. The van der Waals surface area contributed by atoms with Crippen molar-refractivity contribution in [3.8, 4) is 0 Å². The van der Waals surface area contributed by atoms with Crippen molar-refractivity contribution in [2.24, 2.45) is 0 Å². The molecule has 2 aromatic carbocycles. The molecule has 0 radical (unpaired) electrons. The van der Waals surface area contributed by atoms with Crippen molar-refractivity contribution in [3.63, 3.8) is 0 Å². The SMILES string of the molecule is CCN(CCC(=O)c1cc2c3c(c1)CCN3C(=O)CC2)C1Cc2ccccc2C1. The van der Waals surface area contributed by atoms with E-state index in [-0.39, 0.29) is 11.7 Å². The zero-order valence-corrected chi connectivity index (χ0v) is 17.1. The molecule has 0 N–H and O–H groups in total. The molecule has 0 unspecified atom stereocenters. The van der Waals surface area contributed by atoms with Gasteiger partial charge in [-0.2, -0.15) is 0 Å². The number of hydrogen-bond donors (Lipinski definition) is 0. The Bertz CT molecular complexity index is 956. The molecule has 0 saturated heterocycles. The quantitative estimate of drug-likeness (QED) is 0.710. The standard InChI is InChI=1S/C25H28N2O2/c1-2-26(22-15-17-5-3-4-6-18(17)16-22)11-10-23(28)21-13-19-7-8-24(29)27-12-9-20(14-21)25(19)27/h3-6,13-14,22H,2,7-12,15-16H2,1H3. The monoisotopic (exact) mass is 388 g/mol. The molecule has 0 fully saturated rings. The van der Waals surface area contributed by atoms with Crippen molar-refractivity contribution in [1.82, 2.24) is 4.90 Å². The Balaban J connectivity index is 1.27. The summed E-state index contributed by atoms with van der Waals surface area (Å²) in [4.78, 5) is 29.5. The van der Waals surface area contributed by atoms with Crippen LogP contribution in [0.1, 0.15) is 52.4 Å². The number of anilines is 1. The number of hydrogen-bond acceptors (Lipinski definition) is 3. The molecule has 3 aliphatic rings. The van der Waals surface area contributed by atoms with Gasteiger partial charge in [-0.15, -0.1) is 0 Å². The molecule has 5 rings (SSSR count). The summed E-state index contributed by atoms with van der Waals surface area (Å²) >= 11 is 0. The van der Waals surface area contributed by atoms with Crippen molar-refractivity contribution in [1.29, 1.82) is 0 Å². The molecule has 4 nitrogen and oxygen atoms in total. The number of likely N-dealkylation sites (N-methyl/N-ethyl adjacent to an activating group) is 1. The van der Waals surface area contributed by atoms with Gasteiger partial charge in [0.15, 0.2) is 5.78 Å². The molecule has 150 valence electrons. The number of amides is 1. The second kappa shape index (κ2) is 7.42. The number of carbonyl (C=O) groups is 2. The first-order valence-electron chi connectivity index (χ1n) is 10.9. The number of benzene rings is 2. The van der Waals surface area contributed by atoms with Crippen LogP contribution >= 0.6 is 0 Å². The van der Waals surface area contributed by atoms with Crippen LogP contribution in [-0.4, -0.2) is 42.3 Å². The molecule has 0 atom stereocenters. The van der Waals surface area contributed by atoms with Gasteiger partial charge in [0, 0.05) is 37.5 Å². The van der Waals surface area contributed by atoms with Crippen molar-refractivity contribution < 1.29 is 9.59 Å². The number of Topliss-reactive ketones (excluding diaryl/α,β-unsaturated/α-hetero) is 1. The predicted octanol–water partition coefficient (Wildman–Crippen LogP) is 3.58. The lowest BCUT2D eigenvalue weighted by Crippen LogP contribution is -2.37. The molecule has 2 aliphatic heterocycles. The first-order chi connectivity index (χ1) is 14.1. The highest BCUT2D eigenvalue weighted by Gasteiger charge is 2.32. The Labute approximate surface area is 172 Å². The molecule has 2 aromatic rings. The van der Waals surface area contributed by atoms with E-state index in [0.29, 0.717) is 18.9 Å². The third-order valence-corrected chi connectivity index (χ3v) is 6.95. The first kappa shape index (κ1) is 18.6. The first-order valence-corrected chi connectivity index (χ1v) is 10.9. The fourth-order valence-corrected chi connectivity index (χ4v) is 5.40. The molecule has 2 heterocycles. The summed E-state index contributed by atoms with van der Waals surface area (Å²) in [7, 11) is 0. The van der Waals surface area contributed by atoms with Crippen molar-refractivity contribution in [3.05, 3.63) is 64.2 Å². The molecule has 1 amide bonds. The van der Waals surface area contributed by atoms with Crippen LogP contribution in [0, 0.1) is 0 Å². The van der Waals surface area contributed by atoms with Gasteiger partial charge in [0.2, 0.25) is 5.91 Å². The Morgan fingerprint density at radius 3 is 2.41 bits per heavy atom. The lowest BCUT2D eigenvalue weighted by Gasteiger charge is -2.27. The maximum Gasteiger partial charge on any atom is 0.227 e. The molecule has 4 heteroatoms. The minimum absolute atomic E-state index is 0.228. The molecule has 0 saturated carbocycles. The van der Waals surface area contributed by atoms with Crippen LogP contribution < -0.4 is 4.90 Å². The zero-order chi connectivity index (χ0) is 20.0. The fourth-order valence-electron chi connectivity index (χ4n) is 5.40. The maximum absolute atomic E-state index is 13.0. The summed E-state index contributed by atoms with van der Waals surface area (Å²) in [5.74, 6) is 0.458. The second-order valence-corrected chi connectivity index (χ2v) is 8.57. The van der Waals surface area contributed by atoms with Crippen molar-refractivity contribution in [2.75, 3.05) is 24.5 Å². The molecule has 0 aromatic heterocycles. The van der Waals surface area contributed by atoms with E-state index in [9.17, 15) is 9.59 Å². The summed E-state index contributed by atoms with van der Waals surface area (Å²) in [5, 5.41) is 0. The lowest BCUT2D eigenvalue weighted by atomic mass is 9.94. The Kier molecular flexibility index (Phi) is 4.75. The number of carbonyl (C=O) groups excluding carboxylic acids is 2. The number of aryl methyl sites for hydroxylation is 1. The van der Waals surface area contributed by atoms with Crippen LogP contribution in [-0.2, 0) is 30.5 Å². The normalized spacial score (nSPS) is 17.7. The van der Waals surface area contributed by atoms with E-state index in [1.165, 1.54) is 22.3 Å². The van der Waals surface area contributed by atoms with Crippen LogP contribution in [0.25, 0.3) is 0 Å². The molecule has 0 spiro atoms. The summed E-state index contributed by atoms with van der Waals surface area (Å²) in [6.45, 7) is 4.74. The van der Waals surface area contributed by atoms with Crippen LogP contribution in [0.15, 0.2) is 36.4 Å². The summed E-state index contributed by atoms with van der Waals surface area (Å²) in [6, 6.07) is 13.3. The van der Waals surface area contributed by atoms with Crippen molar-refractivity contribution >= 4 is 17.4 Å². The van der Waals surface area contributed by atoms with Crippen LogP contribution in [0.5, 0.6) is 0 Å². The predicted molar refractivity (Wildman–Crippen MR) is 115 cm³/mol. The van der Waals surface area contributed by atoms with E-state index in [1.807, 2.05) is 17.0 Å². The van der Waals surface area contributed by atoms with E-state index in [4.69, 9.17) is 0 Å². The Hall–Kier alpha value is -2.46. The Morgan fingerprint density at radius 1 is 1.03 bits per heavy atom. The molecular formula is C25H28N2O2. The van der Waals surface area contributed by atoms with Crippen molar-refractivity contribution in [2.45, 2.75) is 51.5 Å². The van der Waals surface area contributed by atoms with E-state index in [1.54, 1.807) is 0 Å². The number of fused-ring (bicyclic) bond motifs is 1. The minimum atomic E-state index is 0.228. The van der Waals surface area contributed by atoms with E-state index in [2.05, 4.69) is 36.1 Å². The maximum atomic E-state index is 13.0. The number of nitrogens with zero attached hydrogens (tertiary/aromatic N) is 2. The summed E-state index contributed by atoms with van der Waals surface area (Å²) < 4.78 is 0. The minimum Gasteiger partial charge on any atom is -0.312 e. The van der Waals surface area contributed by atoms with E-state index < -0.39 is 0 Å². The molecule has 1 aliphatic carbocycles. The lowest BCUT2D eigenvalue weighted by molar-refractivity contribution is -0.118. The van der Waals surface area contributed by atoms with Gasteiger partial charge in [-0.1, -0.05) is 31.2 Å². The van der Waals surface area contributed by atoms with Gasteiger partial charge in [0.05, 0.1) is 5.69 Å². The highest BCUT2D eigenvalue weighted by molar-refractivity contribution is 6.02. The van der Waals surface area contributed by atoms with Crippen LogP contribution in [0.2, 0.25) is 0 Å². The zero-order valence-electron chi connectivity index (χ0n) is 17.1. The third kappa shape index (κ3) is 3.29. The van der Waals surface area contributed by atoms with Gasteiger partial charge >= 0.3 is 0 Å². The molecule has 0 bridgehead atoms. The Morgan fingerprint density at radius 2 is 1.72 bits per heavy atom. The van der Waals surface area contributed by atoms with Gasteiger partial charge in [0.25, 0.3) is 0 Å². The average molecular weight is 389 g/mol. The van der Waals surface area contributed by atoms with E-state index in [0.717, 1.165) is 56.6 Å². The molecular weight excluding hydrogens is 360 g/mol. The highest BCUT2D eigenvalue weighted by atomic mass is 16.2. The number of rotatable bonds is 6. The van der Waals surface area contributed by atoms with Gasteiger partial charge < -0.3 is 4.90 Å². The van der Waals surface area contributed by atoms with E-state index >= 15 is 0 Å². The topological polar surface area (TPSA) is 40.6 Å². The van der Waals surface area contributed by atoms with Crippen LogP contribution in [0.3, 0.4) is 0 Å². The largest absolute Gasteiger partial charge is 0.312 e. The van der Waals surface area contributed by atoms with Gasteiger partial charge in [-0.3, -0.25) is 14.5 Å².